The van der Waals surface area contributed by atoms with Crippen LogP contribution in [-0.2, 0) is 11.3 Å². The largest absolute Gasteiger partial charge is 0.573 e. The van der Waals surface area contributed by atoms with Crippen LogP contribution in [-0.4, -0.2) is 55.4 Å². The van der Waals surface area contributed by atoms with E-state index in [4.69, 9.17) is 9.26 Å². The van der Waals surface area contributed by atoms with Crippen molar-refractivity contribution in [3.05, 3.63) is 59.6 Å². The van der Waals surface area contributed by atoms with E-state index in [-0.39, 0.29) is 53.6 Å². The Morgan fingerprint density at radius 3 is 2.74 bits per heavy atom. The van der Waals surface area contributed by atoms with Crippen LogP contribution in [0.5, 0.6) is 5.75 Å². The van der Waals surface area contributed by atoms with E-state index in [1.807, 2.05) is 6.07 Å². The molecule has 5 unspecified atom stereocenters. The summed E-state index contributed by atoms with van der Waals surface area (Å²) in [5.41, 5.74) is 1.69. The maximum atomic E-state index is 13.1. The maximum absolute atomic E-state index is 13.1. The third-order valence-electron chi connectivity index (χ3n) is 9.08. The maximum Gasteiger partial charge on any atom is 0.573 e. The van der Waals surface area contributed by atoms with Crippen molar-refractivity contribution in [1.29, 1.82) is 0 Å². The standard InChI is InChI=1S/C29H26F3N5O5/c30-29(31,32)41-21-4-2-1-3-16(21)25-18(26(42-35-25)14-5-6-14)13-40-27-17-11-15-7-8-19(24(17)27)36(15)23-10-9-22-33-12-20(28(38)39)37(22)34-23/h1-4,9-10,12,14-15,17,19,24,27H,5-8,11,13H2,(H,38,39). The summed E-state index contributed by atoms with van der Waals surface area (Å²) in [6, 6.07) is 10.1. The molecule has 218 valence electrons. The van der Waals surface area contributed by atoms with Crippen LogP contribution in [0.4, 0.5) is 19.0 Å². The fourth-order valence-electron chi connectivity index (χ4n) is 7.13. The molecule has 10 nitrogen and oxygen atoms in total. The number of hydrogen-bond acceptors (Lipinski definition) is 8. The number of anilines is 1. The van der Waals surface area contributed by atoms with Crippen molar-refractivity contribution in [3.8, 4) is 17.0 Å². The Balaban J connectivity index is 1.04. The van der Waals surface area contributed by atoms with E-state index in [9.17, 15) is 23.1 Å². The van der Waals surface area contributed by atoms with Crippen LogP contribution in [0.2, 0.25) is 0 Å². The second-order valence-electron chi connectivity index (χ2n) is 11.6. The van der Waals surface area contributed by atoms with Crippen LogP contribution in [0.3, 0.4) is 0 Å². The minimum absolute atomic E-state index is 0.00849. The second-order valence-corrected chi connectivity index (χ2v) is 11.6. The number of alkyl halides is 3. The minimum Gasteiger partial charge on any atom is -0.476 e. The van der Waals surface area contributed by atoms with Crippen molar-refractivity contribution in [3.63, 3.8) is 0 Å². The molecule has 42 heavy (non-hydrogen) atoms. The molecule has 2 bridgehead atoms. The summed E-state index contributed by atoms with van der Waals surface area (Å²) in [5.74, 6) is 0.812. The van der Waals surface area contributed by atoms with Gasteiger partial charge in [0, 0.05) is 35.0 Å². The molecule has 13 heteroatoms. The van der Waals surface area contributed by atoms with Gasteiger partial charge in [0.25, 0.3) is 0 Å². The molecule has 0 amide bonds. The first-order valence-corrected chi connectivity index (χ1v) is 14.1. The van der Waals surface area contributed by atoms with Crippen LogP contribution in [0, 0.1) is 11.8 Å². The predicted molar refractivity (Wildman–Crippen MR) is 140 cm³/mol. The molecule has 4 aromatic rings. The highest BCUT2D eigenvalue weighted by Gasteiger charge is 2.63. The minimum atomic E-state index is -4.84. The number of aromatic carboxylic acids is 1. The molecule has 2 saturated carbocycles. The van der Waals surface area contributed by atoms with E-state index in [0.717, 1.165) is 37.9 Å². The highest BCUT2D eigenvalue weighted by atomic mass is 19.4. The predicted octanol–water partition coefficient (Wildman–Crippen LogP) is 5.43. The fraction of sp³-hybridized carbons (Fsp3) is 0.448. The van der Waals surface area contributed by atoms with Gasteiger partial charge < -0.3 is 24.0 Å². The number of nitrogens with zero attached hydrogens (tertiary/aromatic N) is 5. The number of halogens is 3. The summed E-state index contributed by atoms with van der Waals surface area (Å²) in [7, 11) is 0. The van der Waals surface area contributed by atoms with Gasteiger partial charge >= 0.3 is 12.3 Å². The second kappa shape index (κ2) is 9.18. The third kappa shape index (κ3) is 4.20. The molecule has 5 heterocycles. The van der Waals surface area contributed by atoms with Crippen LogP contribution >= 0.6 is 0 Å². The van der Waals surface area contributed by atoms with Crippen LogP contribution < -0.4 is 9.64 Å². The lowest BCUT2D eigenvalue weighted by atomic mass is 10.0. The van der Waals surface area contributed by atoms with Gasteiger partial charge in [-0.05, 0) is 62.3 Å². The van der Waals surface area contributed by atoms with E-state index in [1.54, 1.807) is 18.2 Å². The average molecular weight is 582 g/mol. The number of fused-ring (bicyclic) bond motifs is 5. The Hall–Kier alpha value is -4.13. The topological polar surface area (TPSA) is 115 Å². The van der Waals surface area contributed by atoms with Gasteiger partial charge in [-0.15, -0.1) is 18.3 Å². The Kier molecular flexibility index (Phi) is 5.59. The molecule has 1 N–H and O–H groups in total. The molecule has 3 aromatic heterocycles. The van der Waals surface area contributed by atoms with Crippen molar-refractivity contribution >= 4 is 17.4 Å². The van der Waals surface area contributed by atoms with Gasteiger partial charge in [-0.25, -0.2) is 14.3 Å². The first kappa shape index (κ1) is 25.6. The number of benzene rings is 1. The molecular formula is C29H26F3N5O5. The Labute approximate surface area is 237 Å². The first-order chi connectivity index (χ1) is 20.3. The normalized spacial score (nSPS) is 26.5. The number of rotatable bonds is 8. The average Bonchev–Trinajstić information content (AvgIpc) is 3.78. The number of carboxylic acids is 1. The van der Waals surface area contributed by atoms with Crippen molar-refractivity contribution in [1.82, 2.24) is 19.8 Å². The lowest BCUT2D eigenvalue weighted by molar-refractivity contribution is -0.274. The van der Waals surface area contributed by atoms with E-state index in [0.29, 0.717) is 28.6 Å². The number of carbonyl (C=O) groups is 1. The van der Waals surface area contributed by atoms with Crippen molar-refractivity contribution in [2.24, 2.45) is 11.8 Å². The SMILES string of the molecule is O=C(O)c1cnc2ccc(N3C4CCC3C3C(C4)C3OCc3c(-c4ccccc4OC(F)(F)F)noc3C3CC3)nn12. The van der Waals surface area contributed by atoms with Crippen LogP contribution in [0.25, 0.3) is 16.9 Å². The van der Waals surface area contributed by atoms with Gasteiger partial charge in [-0.2, -0.15) is 0 Å². The number of aromatic nitrogens is 4. The molecule has 2 aliphatic carbocycles. The van der Waals surface area contributed by atoms with Gasteiger partial charge in [0.2, 0.25) is 0 Å². The Bertz CT molecular complexity index is 1700. The molecule has 1 aromatic carbocycles. The molecule has 2 saturated heterocycles. The lowest BCUT2D eigenvalue weighted by Crippen LogP contribution is -2.42. The molecule has 4 aliphatic rings. The monoisotopic (exact) mass is 581 g/mol. The van der Waals surface area contributed by atoms with Crippen molar-refractivity contribution in [2.75, 3.05) is 4.90 Å². The molecule has 0 radical (unpaired) electrons. The third-order valence-corrected chi connectivity index (χ3v) is 9.08. The van der Waals surface area contributed by atoms with E-state index >= 15 is 0 Å². The lowest BCUT2D eigenvalue weighted by Gasteiger charge is -2.35. The number of carboxylic acid groups (broad SMARTS) is 1. The summed E-state index contributed by atoms with van der Waals surface area (Å²) >= 11 is 0. The molecule has 4 fully saturated rings. The van der Waals surface area contributed by atoms with Gasteiger partial charge in [0.05, 0.1) is 18.9 Å². The van der Waals surface area contributed by atoms with E-state index in [2.05, 4.69) is 24.9 Å². The summed E-state index contributed by atoms with van der Waals surface area (Å²) in [6.07, 6.45) is 1.27. The van der Waals surface area contributed by atoms with Gasteiger partial charge in [-0.1, -0.05) is 17.3 Å². The first-order valence-electron chi connectivity index (χ1n) is 14.1. The van der Waals surface area contributed by atoms with Crippen molar-refractivity contribution < 1.29 is 37.1 Å². The summed E-state index contributed by atoms with van der Waals surface area (Å²) in [5, 5.41) is 18.4. The number of imidazole rings is 1. The number of piperidine rings is 1. The van der Waals surface area contributed by atoms with E-state index < -0.39 is 12.3 Å². The van der Waals surface area contributed by atoms with E-state index in [1.165, 1.54) is 22.8 Å². The summed E-state index contributed by atoms with van der Waals surface area (Å²) in [4.78, 5) is 18.1. The van der Waals surface area contributed by atoms with Crippen LogP contribution in [0.15, 0.2) is 47.1 Å². The smallest absolute Gasteiger partial charge is 0.476 e. The zero-order valence-corrected chi connectivity index (χ0v) is 22.2. The fourth-order valence-corrected chi connectivity index (χ4v) is 7.13. The van der Waals surface area contributed by atoms with Crippen LogP contribution in [0.1, 0.15) is 59.8 Å². The summed E-state index contributed by atoms with van der Waals surface area (Å²) < 4.78 is 57.2. The molecule has 0 spiro atoms. The Morgan fingerprint density at radius 2 is 1.95 bits per heavy atom. The van der Waals surface area contributed by atoms with Gasteiger partial charge in [0.1, 0.15) is 23.0 Å². The molecule has 8 rings (SSSR count). The highest BCUT2D eigenvalue weighted by Crippen LogP contribution is 2.59. The summed E-state index contributed by atoms with van der Waals surface area (Å²) in [6.45, 7) is 0.182. The molecule has 2 aliphatic heterocycles. The zero-order valence-electron chi connectivity index (χ0n) is 22.2. The number of hydrogen-bond donors (Lipinski definition) is 1. The van der Waals surface area contributed by atoms with Gasteiger partial charge in [-0.3, -0.25) is 0 Å². The number of para-hydroxylation sites is 1. The van der Waals surface area contributed by atoms with Gasteiger partial charge in [0.15, 0.2) is 11.3 Å². The van der Waals surface area contributed by atoms with Crippen molar-refractivity contribution in [2.45, 2.75) is 69.2 Å². The Morgan fingerprint density at radius 1 is 1.12 bits per heavy atom. The molecular weight excluding hydrogens is 555 g/mol. The zero-order chi connectivity index (χ0) is 28.7. The number of ether oxygens (including phenoxy) is 2. The molecule has 5 atom stereocenters. The highest BCUT2D eigenvalue weighted by molar-refractivity contribution is 5.86. The quantitative estimate of drug-likeness (QED) is 0.291.